The summed E-state index contributed by atoms with van der Waals surface area (Å²) in [7, 11) is -2.28. The van der Waals surface area contributed by atoms with Gasteiger partial charge in [-0.15, -0.1) is 0 Å². The van der Waals surface area contributed by atoms with Crippen molar-refractivity contribution in [1.82, 2.24) is 4.90 Å². The van der Waals surface area contributed by atoms with Crippen molar-refractivity contribution in [2.75, 3.05) is 26.8 Å². The predicted molar refractivity (Wildman–Crippen MR) is 76.0 cm³/mol. The van der Waals surface area contributed by atoms with Gasteiger partial charge in [0.25, 0.3) is 5.91 Å². The zero-order chi connectivity index (χ0) is 15.3. The minimum atomic E-state index is -3.83. The van der Waals surface area contributed by atoms with Crippen LogP contribution in [-0.4, -0.2) is 46.0 Å². The van der Waals surface area contributed by atoms with Crippen LogP contribution in [0.3, 0.4) is 0 Å². The Hall–Kier alpha value is -1.44. The summed E-state index contributed by atoms with van der Waals surface area (Å²) in [4.78, 5) is 13.9. The number of sulfonamides is 1. The average molecular weight is 300 g/mol. The second-order valence-corrected chi connectivity index (χ2v) is 5.93. The van der Waals surface area contributed by atoms with Crippen molar-refractivity contribution in [3.8, 4) is 0 Å². The van der Waals surface area contributed by atoms with Crippen LogP contribution in [0.1, 0.15) is 22.8 Å². The van der Waals surface area contributed by atoms with E-state index in [1.54, 1.807) is 31.1 Å². The normalized spacial score (nSPS) is 11.4. The van der Waals surface area contributed by atoms with E-state index in [1.165, 1.54) is 6.07 Å². The van der Waals surface area contributed by atoms with E-state index in [1.807, 2.05) is 6.92 Å². The lowest BCUT2D eigenvalue weighted by Crippen LogP contribution is -2.33. The van der Waals surface area contributed by atoms with E-state index in [0.29, 0.717) is 30.8 Å². The van der Waals surface area contributed by atoms with E-state index < -0.39 is 10.0 Å². The number of rotatable bonds is 6. The summed E-state index contributed by atoms with van der Waals surface area (Å²) >= 11 is 0. The first kappa shape index (κ1) is 16.6. The van der Waals surface area contributed by atoms with E-state index >= 15 is 0 Å². The van der Waals surface area contributed by atoms with Crippen LogP contribution < -0.4 is 5.14 Å². The van der Waals surface area contributed by atoms with Crippen LogP contribution in [0.25, 0.3) is 0 Å². The van der Waals surface area contributed by atoms with Crippen LogP contribution in [0, 0.1) is 6.92 Å². The summed E-state index contributed by atoms with van der Waals surface area (Å²) in [5, 5.41) is 5.14. The van der Waals surface area contributed by atoms with Gasteiger partial charge in [0, 0.05) is 25.8 Å². The number of aryl methyl sites for hydroxylation is 1. The number of hydrogen-bond donors (Lipinski definition) is 1. The van der Waals surface area contributed by atoms with Crippen molar-refractivity contribution in [2.45, 2.75) is 18.7 Å². The summed E-state index contributed by atoms with van der Waals surface area (Å²) in [6, 6.07) is 4.50. The second kappa shape index (κ2) is 6.83. The molecule has 0 atom stereocenters. The lowest BCUT2D eigenvalue weighted by Gasteiger charge is -2.21. The van der Waals surface area contributed by atoms with Gasteiger partial charge in [-0.2, -0.15) is 0 Å². The van der Waals surface area contributed by atoms with E-state index in [9.17, 15) is 13.2 Å². The maximum atomic E-state index is 12.3. The highest BCUT2D eigenvalue weighted by Gasteiger charge is 2.18. The molecular formula is C13H20N2O4S. The number of amides is 1. The predicted octanol–water partition coefficient (Wildman–Crippen LogP) is 0.751. The number of nitrogens with zero attached hydrogens (tertiary/aromatic N) is 1. The quantitative estimate of drug-likeness (QED) is 0.839. The smallest absolute Gasteiger partial charge is 0.253 e. The molecule has 1 rings (SSSR count). The molecule has 0 saturated heterocycles. The number of carbonyl (C=O) groups is 1. The molecule has 1 aromatic carbocycles. The Morgan fingerprint density at radius 2 is 2.05 bits per heavy atom. The van der Waals surface area contributed by atoms with Crippen LogP contribution in [-0.2, 0) is 14.8 Å². The van der Waals surface area contributed by atoms with Crippen molar-refractivity contribution >= 4 is 15.9 Å². The summed E-state index contributed by atoms with van der Waals surface area (Å²) < 4.78 is 27.9. The monoisotopic (exact) mass is 300 g/mol. The van der Waals surface area contributed by atoms with Crippen molar-refractivity contribution < 1.29 is 17.9 Å². The molecule has 0 saturated carbocycles. The standard InChI is InChI=1S/C13H20N2O4S/c1-4-15(7-8-19-3)13(16)11-6-5-10(2)12(9-11)20(14,17)18/h5-6,9H,4,7-8H2,1-3H3,(H2,14,17,18). The first-order valence-electron chi connectivity index (χ1n) is 6.23. The van der Waals surface area contributed by atoms with Crippen LogP contribution in [0.4, 0.5) is 0 Å². The molecule has 1 aromatic rings. The molecule has 0 unspecified atom stereocenters. The number of benzene rings is 1. The number of likely N-dealkylation sites (N-methyl/N-ethyl adjacent to an activating group) is 1. The SMILES string of the molecule is CCN(CCOC)C(=O)c1ccc(C)c(S(N)(=O)=O)c1. The van der Waals surface area contributed by atoms with Gasteiger partial charge in [0.05, 0.1) is 11.5 Å². The Morgan fingerprint density at radius 3 is 2.55 bits per heavy atom. The first-order chi connectivity index (χ1) is 9.31. The second-order valence-electron chi connectivity index (χ2n) is 4.40. The molecule has 0 aliphatic rings. The highest BCUT2D eigenvalue weighted by atomic mass is 32.2. The fourth-order valence-corrected chi connectivity index (χ4v) is 2.64. The van der Waals surface area contributed by atoms with Gasteiger partial charge >= 0.3 is 0 Å². The summed E-state index contributed by atoms with van der Waals surface area (Å²) in [6.45, 7) is 4.87. The third kappa shape index (κ3) is 4.03. The van der Waals surface area contributed by atoms with Gasteiger partial charge in [-0.25, -0.2) is 13.6 Å². The van der Waals surface area contributed by atoms with Crippen molar-refractivity contribution in [3.63, 3.8) is 0 Å². The van der Waals surface area contributed by atoms with Crippen molar-refractivity contribution in [3.05, 3.63) is 29.3 Å². The van der Waals surface area contributed by atoms with E-state index in [0.717, 1.165) is 0 Å². The molecule has 0 aliphatic heterocycles. The highest BCUT2D eigenvalue weighted by molar-refractivity contribution is 7.89. The number of hydrogen-bond acceptors (Lipinski definition) is 4. The number of nitrogens with two attached hydrogens (primary N) is 1. The maximum absolute atomic E-state index is 12.3. The van der Waals surface area contributed by atoms with Gasteiger partial charge in [0.15, 0.2) is 0 Å². The fraction of sp³-hybridized carbons (Fsp3) is 0.462. The fourth-order valence-electron chi connectivity index (χ4n) is 1.83. The zero-order valence-corrected chi connectivity index (χ0v) is 12.7. The van der Waals surface area contributed by atoms with Crippen LogP contribution >= 0.6 is 0 Å². The molecule has 0 spiro atoms. The molecule has 0 radical (unpaired) electrons. The van der Waals surface area contributed by atoms with Gasteiger partial charge in [-0.1, -0.05) is 6.07 Å². The van der Waals surface area contributed by atoms with Gasteiger partial charge in [-0.3, -0.25) is 4.79 Å². The van der Waals surface area contributed by atoms with Gasteiger partial charge in [0.2, 0.25) is 10.0 Å². The number of primary sulfonamides is 1. The number of ether oxygens (including phenoxy) is 1. The van der Waals surface area contributed by atoms with Crippen LogP contribution in [0.5, 0.6) is 0 Å². The lowest BCUT2D eigenvalue weighted by molar-refractivity contribution is 0.0706. The van der Waals surface area contributed by atoms with E-state index in [-0.39, 0.29) is 10.8 Å². The minimum absolute atomic E-state index is 0.0221. The molecule has 0 fully saturated rings. The molecule has 7 heteroatoms. The zero-order valence-electron chi connectivity index (χ0n) is 11.9. The third-order valence-electron chi connectivity index (χ3n) is 2.98. The summed E-state index contributed by atoms with van der Waals surface area (Å²) in [6.07, 6.45) is 0. The average Bonchev–Trinajstić information content (AvgIpc) is 2.38. The molecule has 1 amide bonds. The number of carbonyl (C=O) groups excluding carboxylic acids is 1. The highest BCUT2D eigenvalue weighted by Crippen LogP contribution is 2.17. The van der Waals surface area contributed by atoms with Crippen molar-refractivity contribution in [1.29, 1.82) is 0 Å². The Balaban J connectivity index is 3.11. The Bertz CT molecular complexity index is 584. The largest absolute Gasteiger partial charge is 0.383 e. The molecule has 6 nitrogen and oxygen atoms in total. The molecule has 0 aromatic heterocycles. The van der Waals surface area contributed by atoms with E-state index in [4.69, 9.17) is 9.88 Å². The molecule has 0 bridgehead atoms. The molecule has 0 heterocycles. The molecule has 2 N–H and O–H groups in total. The van der Waals surface area contributed by atoms with Crippen LogP contribution in [0.2, 0.25) is 0 Å². The topological polar surface area (TPSA) is 89.7 Å². The van der Waals surface area contributed by atoms with E-state index in [2.05, 4.69) is 0 Å². The molecule has 112 valence electrons. The molecular weight excluding hydrogens is 280 g/mol. The summed E-state index contributed by atoms with van der Waals surface area (Å²) in [5.74, 6) is -0.241. The van der Waals surface area contributed by atoms with Gasteiger partial charge in [-0.05, 0) is 31.5 Å². The van der Waals surface area contributed by atoms with Gasteiger partial charge in [0.1, 0.15) is 0 Å². The molecule has 0 aliphatic carbocycles. The first-order valence-corrected chi connectivity index (χ1v) is 7.77. The van der Waals surface area contributed by atoms with Crippen LogP contribution in [0.15, 0.2) is 23.1 Å². The Kier molecular flexibility index (Phi) is 5.67. The minimum Gasteiger partial charge on any atom is -0.383 e. The number of methoxy groups -OCH3 is 1. The Morgan fingerprint density at radius 1 is 1.40 bits per heavy atom. The van der Waals surface area contributed by atoms with Crippen molar-refractivity contribution in [2.24, 2.45) is 5.14 Å². The lowest BCUT2D eigenvalue weighted by atomic mass is 10.1. The maximum Gasteiger partial charge on any atom is 0.253 e. The third-order valence-corrected chi connectivity index (χ3v) is 4.03. The van der Waals surface area contributed by atoms with Gasteiger partial charge < -0.3 is 9.64 Å². The Labute approximate surface area is 119 Å². The molecule has 20 heavy (non-hydrogen) atoms. The summed E-state index contributed by atoms with van der Waals surface area (Å²) in [5.41, 5.74) is 0.821.